The van der Waals surface area contributed by atoms with Crippen LogP contribution in [0.2, 0.25) is 0 Å². The standard InChI is InChI=1S/C19H24N4OS/c1-20-18(24)11-15-7-9-23(10-8-15)17-12-21-13-19(22-17)25-14-16-5-3-2-4-6-16/h2-6,12-13,15H,7-11,14H2,1H3,(H,20,24). The van der Waals surface area contributed by atoms with Gasteiger partial charge in [-0.3, -0.25) is 9.78 Å². The molecule has 0 spiro atoms. The number of aromatic nitrogens is 2. The summed E-state index contributed by atoms with van der Waals surface area (Å²) >= 11 is 1.71. The average molecular weight is 356 g/mol. The van der Waals surface area contributed by atoms with E-state index in [-0.39, 0.29) is 5.91 Å². The van der Waals surface area contributed by atoms with Gasteiger partial charge in [-0.2, -0.15) is 0 Å². The number of nitrogens with zero attached hydrogens (tertiary/aromatic N) is 3. The van der Waals surface area contributed by atoms with Crippen molar-refractivity contribution in [2.24, 2.45) is 5.92 Å². The number of rotatable bonds is 6. The molecule has 1 fully saturated rings. The Hall–Kier alpha value is -2.08. The molecule has 3 rings (SSSR count). The predicted octanol–water partition coefficient (Wildman–Crippen LogP) is 3.12. The first-order chi connectivity index (χ1) is 12.2. The van der Waals surface area contributed by atoms with E-state index in [0.717, 1.165) is 42.5 Å². The summed E-state index contributed by atoms with van der Waals surface area (Å²) in [4.78, 5) is 22.9. The first-order valence-electron chi connectivity index (χ1n) is 8.69. The van der Waals surface area contributed by atoms with Crippen molar-refractivity contribution >= 4 is 23.5 Å². The number of amides is 1. The van der Waals surface area contributed by atoms with Crippen LogP contribution < -0.4 is 10.2 Å². The summed E-state index contributed by atoms with van der Waals surface area (Å²) < 4.78 is 0. The molecule has 1 aromatic carbocycles. The smallest absolute Gasteiger partial charge is 0.220 e. The number of anilines is 1. The SMILES string of the molecule is CNC(=O)CC1CCN(c2cncc(SCc3ccccc3)n2)CC1. The number of thioether (sulfide) groups is 1. The van der Waals surface area contributed by atoms with E-state index in [4.69, 9.17) is 4.98 Å². The van der Waals surface area contributed by atoms with Crippen LogP contribution in [0.1, 0.15) is 24.8 Å². The molecular weight excluding hydrogens is 332 g/mol. The maximum Gasteiger partial charge on any atom is 0.220 e. The van der Waals surface area contributed by atoms with E-state index in [9.17, 15) is 4.79 Å². The van der Waals surface area contributed by atoms with E-state index < -0.39 is 0 Å². The Balaban J connectivity index is 1.54. The Labute approximate surface area is 153 Å². The highest BCUT2D eigenvalue weighted by atomic mass is 32.2. The molecule has 1 aromatic heterocycles. The van der Waals surface area contributed by atoms with Crippen LogP contribution in [0, 0.1) is 5.92 Å². The second kappa shape index (κ2) is 8.85. The molecule has 1 aliphatic rings. The Bertz CT molecular complexity index is 687. The van der Waals surface area contributed by atoms with E-state index in [1.165, 1.54) is 5.56 Å². The molecule has 6 heteroatoms. The van der Waals surface area contributed by atoms with Gasteiger partial charge in [0.25, 0.3) is 0 Å². The zero-order chi connectivity index (χ0) is 17.5. The molecule has 1 saturated heterocycles. The van der Waals surface area contributed by atoms with Crippen molar-refractivity contribution in [1.82, 2.24) is 15.3 Å². The van der Waals surface area contributed by atoms with Crippen LogP contribution in [0.5, 0.6) is 0 Å². The molecule has 1 N–H and O–H groups in total. The molecular formula is C19H24N4OS. The third-order valence-corrected chi connectivity index (χ3v) is 5.49. The van der Waals surface area contributed by atoms with Gasteiger partial charge in [0, 0.05) is 32.3 Å². The summed E-state index contributed by atoms with van der Waals surface area (Å²) in [5.74, 6) is 2.45. The van der Waals surface area contributed by atoms with Crippen LogP contribution in [-0.2, 0) is 10.5 Å². The van der Waals surface area contributed by atoms with Crippen molar-refractivity contribution in [1.29, 1.82) is 0 Å². The van der Waals surface area contributed by atoms with Gasteiger partial charge in [0.15, 0.2) is 0 Å². The summed E-state index contributed by atoms with van der Waals surface area (Å²) in [6.07, 6.45) is 6.34. The van der Waals surface area contributed by atoms with Crippen LogP contribution in [0.25, 0.3) is 0 Å². The summed E-state index contributed by atoms with van der Waals surface area (Å²) in [6, 6.07) is 10.4. The quantitative estimate of drug-likeness (QED) is 0.806. The van der Waals surface area contributed by atoms with Gasteiger partial charge in [0.05, 0.1) is 12.4 Å². The van der Waals surface area contributed by atoms with Gasteiger partial charge < -0.3 is 10.2 Å². The van der Waals surface area contributed by atoms with Gasteiger partial charge in [0.2, 0.25) is 5.91 Å². The topological polar surface area (TPSA) is 58.1 Å². The van der Waals surface area contributed by atoms with Crippen molar-refractivity contribution in [3.63, 3.8) is 0 Å². The lowest BCUT2D eigenvalue weighted by Crippen LogP contribution is -2.36. The number of carbonyl (C=O) groups excluding carboxylic acids is 1. The number of piperidine rings is 1. The van der Waals surface area contributed by atoms with Crippen LogP contribution in [-0.4, -0.2) is 36.0 Å². The summed E-state index contributed by atoms with van der Waals surface area (Å²) in [5, 5.41) is 3.67. The highest BCUT2D eigenvalue weighted by Gasteiger charge is 2.22. The van der Waals surface area contributed by atoms with Gasteiger partial charge >= 0.3 is 0 Å². The number of carbonyl (C=O) groups is 1. The highest BCUT2D eigenvalue weighted by Crippen LogP contribution is 2.26. The van der Waals surface area contributed by atoms with E-state index in [0.29, 0.717) is 12.3 Å². The predicted molar refractivity (Wildman–Crippen MR) is 102 cm³/mol. The maximum atomic E-state index is 11.5. The fraction of sp³-hybridized carbons (Fsp3) is 0.421. The minimum Gasteiger partial charge on any atom is -0.359 e. The molecule has 0 saturated carbocycles. The van der Waals surface area contributed by atoms with Crippen LogP contribution >= 0.6 is 11.8 Å². The Morgan fingerprint density at radius 2 is 2.00 bits per heavy atom. The van der Waals surface area contributed by atoms with Gasteiger partial charge in [-0.05, 0) is 24.3 Å². The number of hydrogen-bond acceptors (Lipinski definition) is 5. The molecule has 2 heterocycles. The first kappa shape index (κ1) is 17.7. The second-order valence-electron chi connectivity index (χ2n) is 6.30. The Kier molecular flexibility index (Phi) is 6.28. The molecule has 1 aliphatic heterocycles. The fourth-order valence-electron chi connectivity index (χ4n) is 3.02. The van der Waals surface area contributed by atoms with E-state index in [2.05, 4.69) is 39.5 Å². The largest absolute Gasteiger partial charge is 0.359 e. The number of hydrogen-bond donors (Lipinski definition) is 1. The maximum absolute atomic E-state index is 11.5. The van der Waals surface area contributed by atoms with Crippen LogP contribution in [0.4, 0.5) is 5.82 Å². The Morgan fingerprint density at radius 3 is 2.72 bits per heavy atom. The molecule has 0 bridgehead atoms. The lowest BCUT2D eigenvalue weighted by molar-refractivity contribution is -0.121. The van der Waals surface area contributed by atoms with E-state index in [1.54, 1.807) is 18.8 Å². The van der Waals surface area contributed by atoms with E-state index >= 15 is 0 Å². The summed E-state index contributed by atoms with van der Waals surface area (Å²) in [5.41, 5.74) is 1.29. The van der Waals surface area contributed by atoms with Gasteiger partial charge in [-0.25, -0.2) is 4.98 Å². The normalized spacial score (nSPS) is 15.2. The molecule has 1 amide bonds. The van der Waals surface area contributed by atoms with Crippen molar-refractivity contribution in [2.75, 3.05) is 25.0 Å². The molecule has 0 aliphatic carbocycles. The van der Waals surface area contributed by atoms with Gasteiger partial charge in [0.1, 0.15) is 10.8 Å². The van der Waals surface area contributed by atoms with Crippen LogP contribution in [0.15, 0.2) is 47.8 Å². The van der Waals surface area contributed by atoms with Gasteiger partial charge in [-0.15, -0.1) is 11.8 Å². The lowest BCUT2D eigenvalue weighted by atomic mass is 9.93. The molecule has 2 aromatic rings. The monoisotopic (exact) mass is 356 g/mol. The molecule has 0 radical (unpaired) electrons. The van der Waals surface area contributed by atoms with Crippen molar-refractivity contribution in [3.05, 3.63) is 48.3 Å². The minimum absolute atomic E-state index is 0.137. The second-order valence-corrected chi connectivity index (χ2v) is 7.29. The summed E-state index contributed by atoms with van der Waals surface area (Å²) in [7, 11) is 1.70. The fourth-order valence-corrected chi connectivity index (χ4v) is 3.82. The van der Waals surface area contributed by atoms with Gasteiger partial charge in [-0.1, -0.05) is 30.3 Å². The van der Waals surface area contributed by atoms with Crippen molar-refractivity contribution in [2.45, 2.75) is 30.0 Å². The lowest BCUT2D eigenvalue weighted by Gasteiger charge is -2.32. The number of nitrogens with one attached hydrogen (secondary N) is 1. The third kappa shape index (κ3) is 5.19. The van der Waals surface area contributed by atoms with Crippen molar-refractivity contribution < 1.29 is 4.79 Å². The highest BCUT2D eigenvalue weighted by molar-refractivity contribution is 7.98. The zero-order valence-electron chi connectivity index (χ0n) is 14.5. The van der Waals surface area contributed by atoms with E-state index in [1.807, 2.05) is 18.5 Å². The minimum atomic E-state index is 0.137. The third-order valence-electron chi connectivity index (χ3n) is 4.52. The first-order valence-corrected chi connectivity index (χ1v) is 9.67. The zero-order valence-corrected chi connectivity index (χ0v) is 15.3. The summed E-state index contributed by atoms with van der Waals surface area (Å²) in [6.45, 7) is 1.87. The molecule has 0 unspecified atom stereocenters. The Morgan fingerprint density at radius 1 is 1.24 bits per heavy atom. The molecule has 0 atom stereocenters. The van der Waals surface area contributed by atoms with Crippen LogP contribution in [0.3, 0.4) is 0 Å². The molecule has 25 heavy (non-hydrogen) atoms. The molecule has 132 valence electrons. The molecule has 5 nitrogen and oxygen atoms in total. The average Bonchev–Trinajstić information content (AvgIpc) is 2.68. The number of benzene rings is 1. The van der Waals surface area contributed by atoms with Crippen molar-refractivity contribution in [3.8, 4) is 0 Å².